The summed E-state index contributed by atoms with van der Waals surface area (Å²) in [7, 11) is 0. The number of carbonyl (C=O) groups excluding carboxylic acids is 1. The molecular weight excluding hydrogens is 252 g/mol. The van der Waals surface area contributed by atoms with Gasteiger partial charge in [0, 0.05) is 11.6 Å². The Morgan fingerprint density at radius 1 is 1.44 bits per heavy atom. The molecule has 2 rings (SSSR count). The SMILES string of the molecule is Cc1cnc(C(=O)NCCc2ccccc2Cl)o1. The van der Waals surface area contributed by atoms with Crippen molar-refractivity contribution >= 4 is 17.5 Å². The van der Waals surface area contributed by atoms with Crippen molar-refractivity contribution < 1.29 is 9.21 Å². The summed E-state index contributed by atoms with van der Waals surface area (Å²) in [5.74, 6) is 0.396. The van der Waals surface area contributed by atoms with E-state index in [2.05, 4.69) is 10.3 Å². The number of oxazole rings is 1. The van der Waals surface area contributed by atoms with E-state index in [-0.39, 0.29) is 11.8 Å². The zero-order chi connectivity index (χ0) is 13.0. The summed E-state index contributed by atoms with van der Waals surface area (Å²) < 4.78 is 5.12. The van der Waals surface area contributed by atoms with Crippen molar-refractivity contribution in [2.75, 3.05) is 6.54 Å². The smallest absolute Gasteiger partial charge is 0.307 e. The molecule has 1 amide bonds. The van der Waals surface area contributed by atoms with Crippen LogP contribution in [-0.4, -0.2) is 17.4 Å². The van der Waals surface area contributed by atoms with Gasteiger partial charge in [-0.15, -0.1) is 0 Å². The molecule has 0 saturated carbocycles. The quantitative estimate of drug-likeness (QED) is 0.924. The van der Waals surface area contributed by atoms with Gasteiger partial charge in [0.2, 0.25) is 0 Å². The number of aryl methyl sites for hydroxylation is 1. The Hall–Kier alpha value is -1.81. The fourth-order valence-corrected chi connectivity index (χ4v) is 1.78. The van der Waals surface area contributed by atoms with Crippen LogP contribution in [0.4, 0.5) is 0 Å². The first-order valence-electron chi connectivity index (χ1n) is 5.61. The zero-order valence-corrected chi connectivity index (χ0v) is 10.7. The highest BCUT2D eigenvalue weighted by Crippen LogP contribution is 2.14. The Kier molecular flexibility index (Phi) is 3.99. The first kappa shape index (κ1) is 12.6. The van der Waals surface area contributed by atoms with Crippen molar-refractivity contribution in [1.82, 2.24) is 10.3 Å². The molecule has 5 heteroatoms. The molecule has 4 nitrogen and oxygen atoms in total. The number of nitrogens with zero attached hydrogens (tertiary/aromatic N) is 1. The van der Waals surface area contributed by atoms with Crippen LogP contribution in [0.5, 0.6) is 0 Å². The molecule has 0 saturated heterocycles. The topological polar surface area (TPSA) is 55.1 Å². The zero-order valence-electron chi connectivity index (χ0n) is 9.94. The van der Waals surface area contributed by atoms with Gasteiger partial charge in [-0.25, -0.2) is 4.98 Å². The minimum Gasteiger partial charge on any atom is -0.438 e. The van der Waals surface area contributed by atoms with E-state index >= 15 is 0 Å². The number of rotatable bonds is 4. The van der Waals surface area contributed by atoms with Gasteiger partial charge in [-0.05, 0) is 25.0 Å². The maximum Gasteiger partial charge on any atom is 0.307 e. The molecule has 0 fully saturated rings. The van der Waals surface area contributed by atoms with Gasteiger partial charge in [-0.3, -0.25) is 4.79 Å². The molecule has 18 heavy (non-hydrogen) atoms. The average Bonchev–Trinajstić information content (AvgIpc) is 2.78. The Balaban J connectivity index is 1.86. The monoisotopic (exact) mass is 264 g/mol. The highest BCUT2D eigenvalue weighted by molar-refractivity contribution is 6.31. The molecule has 1 aromatic heterocycles. The number of nitrogens with one attached hydrogen (secondary N) is 1. The lowest BCUT2D eigenvalue weighted by Crippen LogP contribution is -2.26. The third-order valence-corrected chi connectivity index (χ3v) is 2.82. The van der Waals surface area contributed by atoms with Crippen LogP contribution < -0.4 is 5.32 Å². The molecular formula is C13H13ClN2O2. The number of hydrogen-bond donors (Lipinski definition) is 1. The highest BCUT2D eigenvalue weighted by atomic mass is 35.5. The predicted octanol–water partition coefficient (Wildman–Crippen LogP) is 2.61. The molecule has 0 bridgehead atoms. The second-order valence-corrected chi connectivity index (χ2v) is 4.28. The van der Waals surface area contributed by atoms with Crippen molar-refractivity contribution in [2.45, 2.75) is 13.3 Å². The van der Waals surface area contributed by atoms with Crippen LogP contribution in [0.25, 0.3) is 0 Å². The summed E-state index contributed by atoms with van der Waals surface area (Å²) >= 11 is 6.02. The lowest BCUT2D eigenvalue weighted by atomic mass is 10.1. The van der Waals surface area contributed by atoms with Crippen molar-refractivity contribution in [3.63, 3.8) is 0 Å². The minimum atomic E-state index is -0.310. The third-order valence-electron chi connectivity index (χ3n) is 2.45. The van der Waals surface area contributed by atoms with Crippen LogP contribution in [0.2, 0.25) is 5.02 Å². The largest absolute Gasteiger partial charge is 0.438 e. The molecule has 0 aliphatic heterocycles. The number of halogens is 1. The number of benzene rings is 1. The number of aromatic nitrogens is 1. The summed E-state index contributed by atoms with van der Waals surface area (Å²) in [6.07, 6.45) is 2.19. The molecule has 2 aromatic rings. The Labute approximate surface area is 110 Å². The van der Waals surface area contributed by atoms with Gasteiger partial charge in [-0.2, -0.15) is 0 Å². The average molecular weight is 265 g/mol. The van der Waals surface area contributed by atoms with E-state index < -0.39 is 0 Å². The maximum atomic E-state index is 11.6. The van der Waals surface area contributed by atoms with Gasteiger partial charge in [-0.1, -0.05) is 29.8 Å². The van der Waals surface area contributed by atoms with Crippen molar-refractivity contribution in [3.05, 3.63) is 52.7 Å². The first-order valence-corrected chi connectivity index (χ1v) is 5.98. The minimum absolute atomic E-state index is 0.0895. The number of carbonyl (C=O) groups is 1. The van der Waals surface area contributed by atoms with E-state index in [1.54, 1.807) is 6.92 Å². The molecule has 0 aliphatic rings. The molecule has 1 N–H and O–H groups in total. The third kappa shape index (κ3) is 3.11. The van der Waals surface area contributed by atoms with Crippen LogP contribution in [-0.2, 0) is 6.42 Å². The van der Waals surface area contributed by atoms with Gasteiger partial charge < -0.3 is 9.73 Å². The Morgan fingerprint density at radius 3 is 2.89 bits per heavy atom. The van der Waals surface area contributed by atoms with E-state index in [9.17, 15) is 4.79 Å². The fourth-order valence-electron chi connectivity index (χ4n) is 1.55. The molecule has 0 aliphatic carbocycles. The van der Waals surface area contributed by atoms with Crippen LogP contribution in [0.1, 0.15) is 22.0 Å². The molecule has 0 atom stereocenters. The molecule has 0 spiro atoms. The van der Waals surface area contributed by atoms with Crippen LogP contribution in [0, 0.1) is 6.92 Å². The second kappa shape index (κ2) is 5.69. The normalized spacial score (nSPS) is 10.3. The van der Waals surface area contributed by atoms with Crippen LogP contribution in [0.15, 0.2) is 34.9 Å². The van der Waals surface area contributed by atoms with Gasteiger partial charge in [0.1, 0.15) is 5.76 Å². The summed E-state index contributed by atoms with van der Waals surface area (Å²) in [5.41, 5.74) is 1.00. The predicted molar refractivity (Wildman–Crippen MR) is 68.7 cm³/mol. The van der Waals surface area contributed by atoms with E-state index in [0.29, 0.717) is 23.7 Å². The summed E-state index contributed by atoms with van der Waals surface area (Å²) in [6, 6.07) is 7.56. The Bertz CT molecular complexity index is 551. The fraction of sp³-hybridized carbons (Fsp3) is 0.231. The molecule has 0 radical (unpaired) electrons. The van der Waals surface area contributed by atoms with E-state index in [1.165, 1.54) is 6.20 Å². The molecule has 0 unspecified atom stereocenters. The van der Waals surface area contributed by atoms with E-state index in [0.717, 1.165) is 5.56 Å². The lowest BCUT2D eigenvalue weighted by Gasteiger charge is -2.04. The van der Waals surface area contributed by atoms with E-state index in [4.69, 9.17) is 16.0 Å². The molecule has 1 heterocycles. The summed E-state index contributed by atoms with van der Waals surface area (Å²) in [6.45, 7) is 2.23. The van der Waals surface area contributed by atoms with Gasteiger partial charge in [0.15, 0.2) is 0 Å². The highest BCUT2D eigenvalue weighted by Gasteiger charge is 2.11. The van der Waals surface area contributed by atoms with Crippen molar-refractivity contribution in [1.29, 1.82) is 0 Å². The lowest BCUT2D eigenvalue weighted by molar-refractivity contribution is 0.0918. The standard InChI is InChI=1S/C13H13ClN2O2/c1-9-8-16-13(18-9)12(17)15-7-6-10-4-2-3-5-11(10)14/h2-5,8H,6-7H2,1H3,(H,15,17). The molecule has 94 valence electrons. The Morgan fingerprint density at radius 2 is 2.22 bits per heavy atom. The maximum absolute atomic E-state index is 11.6. The van der Waals surface area contributed by atoms with Gasteiger partial charge >= 0.3 is 5.91 Å². The van der Waals surface area contributed by atoms with Gasteiger partial charge in [0.05, 0.1) is 6.20 Å². The van der Waals surface area contributed by atoms with Crippen molar-refractivity contribution in [2.24, 2.45) is 0 Å². The van der Waals surface area contributed by atoms with E-state index in [1.807, 2.05) is 24.3 Å². The second-order valence-electron chi connectivity index (χ2n) is 3.87. The summed E-state index contributed by atoms with van der Waals surface area (Å²) in [5, 5.41) is 3.44. The van der Waals surface area contributed by atoms with Crippen LogP contribution in [0.3, 0.4) is 0 Å². The first-order chi connectivity index (χ1) is 8.66. The number of hydrogen-bond acceptors (Lipinski definition) is 3. The van der Waals surface area contributed by atoms with Gasteiger partial charge in [0.25, 0.3) is 5.89 Å². The van der Waals surface area contributed by atoms with Crippen molar-refractivity contribution in [3.8, 4) is 0 Å². The molecule has 1 aromatic carbocycles. The summed E-state index contributed by atoms with van der Waals surface area (Å²) in [4.78, 5) is 15.5. The van der Waals surface area contributed by atoms with Crippen LogP contribution >= 0.6 is 11.6 Å². The number of amides is 1.